The molecular formula is C28H22O6. The van der Waals surface area contributed by atoms with Crippen LogP contribution in [0.3, 0.4) is 0 Å². The number of phenols is 6. The third-order valence-electron chi connectivity index (χ3n) is 6.12. The smallest absolute Gasteiger partial charge is 0.124 e. The van der Waals surface area contributed by atoms with Gasteiger partial charge in [-0.25, -0.2) is 0 Å². The maximum absolute atomic E-state index is 10.9. The molecule has 0 unspecified atom stereocenters. The summed E-state index contributed by atoms with van der Waals surface area (Å²) in [4.78, 5) is 0. The van der Waals surface area contributed by atoms with E-state index in [0.717, 1.165) is 22.3 Å². The lowest BCUT2D eigenvalue weighted by atomic mass is 9.84. The van der Waals surface area contributed by atoms with Crippen molar-refractivity contribution in [3.05, 3.63) is 107 Å². The second-order valence-electron chi connectivity index (χ2n) is 8.42. The van der Waals surface area contributed by atoms with Crippen LogP contribution in [0.25, 0.3) is 11.1 Å². The Balaban J connectivity index is 1.82. The summed E-state index contributed by atoms with van der Waals surface area (Å²) >= 11 is 0. The first-order valence-electron chi connectivity index (χ1n) is 10.7. The van der Waals surface area contributed by atoms with Crippen LogP contribution in [0.15, 0.2) is 78.9 Å². The van der Waals surface area contributed by atoms with Gasteiger partial charge in [0.15, 0.2) is 0 Å². The molecule has 0 bridgehead atoms. The number of hydrogen-bond acceptors (Lipinski definition) is 6. The van der Waals surface area contributed by atoms with E-state index in [-0.39, 0.29) is 34.5 Å². The van der Waals surface area contributed by atoms with E-state index >= 15 is 0 Å². The fourth-order valence-electron chi connectivity index (χ4n) is 4.75. The first-order valence-corrected chi connectivity index (χ1v) is 10.7. The zero-order chi connectivity index (χ0) is 24.0. The molecule has 0 amide bonds. The van der Waals surface area contributed by atoms with Gasteiger partial charge in [0, 0.05) is 23.6 Å². The van der Waals surface area contributed by atoms with Crippen LogP contribution in [0, 0.1) is 0 Å². The summed E-state index contributed by atoms with van der Waals surface area (Å²) in [6, 6.07) is 20.6. The van der Waals surface area contributed by atoms with Crippen LogP contribution >= 0.6 is 0 Å². The van der Waals surface area contributed by atoms with Gasteiger partial charge in [-0.15, -0.1) is 0 Å². The standard InChI is InChI=1S/C28H22O6/c29-18-5-1-15(2-6-18)9-23-24-13-22(33)14-25(34)28(24)27(17-10-20(31)12-21(32)11-17)26(23)16-3-7-19(30)8-4-16/h1-8,10-14,27,29-34H,9H2/t27-/m1/s1. The Morgan fingerprint density at radius 3 is 1.74 bits per heavy atom. The van der Waals surface area contributed by atoms with Gasteiger partial charge in [-0.3, -0.25) is 0 Å². The SMILES string of the molecule is Oc1ccc(CC2=C(c3ccc(O)cc3)[C@@H](c3cc(O)cc(O)c3)c3c(O)cc(O)cc32)cc1. The summed E-state index contributed by atoms with van der Waals surface area (Å²) in [5.41, 5.74) is 5.04. The third-order valence-corrected chi connectivity index (χ3v) is 6.12. The Labute approximate surface area is 195 Å². The summed E-state index contributed by atoms with van der Waals surface area (Å²) in [6.07, 6.45) is 0.424. The number of rotatable bonds is 4. The van der Waals surface area contributed by atoms with Crippen LogP contribution in [0.4, 0.5) is 0 Å². The third kappa shape index (κ3) is 3.75. The van der Waals surface area contributed by atoms with Gasteiger partial charge in [-0.05, 0) is 82.3 Å². The van der Waals surface area contributed by atoms with E-state index in [4.69, 9.17) is 0 Å². The highest BCUT2D eigenvalue weighted by atomic mass is 16.3. The van der Waals surface area contributed by atoms with E-state index in [1.54, 1.807) is 54.6 Å². The molecule has 6 nitrogen and oxygen atoms in total. The molecule has 1 aliphatic rings. The van der Waals surface area contributed by atoms with Crippen molar-refractivity contribution in [2.24, 2.45) is 0 Å². The molecule has 1 aliphatic carbocycles. The van der Waals surface area contributed by atoms with Crippen LogP contribution in [-0.2, 0) is 6.42 Å². The number of aromatic hydroxyl groups is 6. The first kappa shape index (κ1) is 21.3. The summed E-state index contributed by atoms with van der Waals surface area (Å²) in [6.45, 7) is 0. The summed E-state index contributed by atoms with van der Waals surface area (Å²) in [5, 5.41) is 61.2. The predicted molar refractivity (Wildman–Crippen MR) is 128 cm³/mol. The molecule has 1 atom stereocenters. The molecule has 0 saturated heterocycles. The summed E-state index contributed by atoms with van der Waals surface area (Å²) in [5.74, 6) is -0.758. The zero-order valence-corrected chi connectivity index (χ0v) is 18.0. The van der Waals surface area contributed by atoms with Crippen LogP contribution in [-0.4, -0.2) is 30.6 Å². The fourth-order valence-corrected chi connectivity index (χ4v) is 4.75. The van der Waals surface area contributed by atoms with Crippen molar-refractivity contribution >= 4 is 11.1 Å². The fraction of sp³-hybridized carbons (Fsp3) is 0.0714. The van der Waals surface area contributed by atoms with Crippen LogP contribution in [0.1, 0.15) is 33.7 Å². The number of allylic oxidation sites excluding steroid dienone is 2. The highest BCUT2D eigenvalue weighted by Crippen LogP contribution is 2.55. The maximum atomic E-state index is 10.9. The molecule has 4 aromatic carbocycles. The number of fused-ring (bicyclic) bond motifs is 1. The van der Waals surface area contributed by atoms with Crippen molar-refractivity contribution in [2.45, 2.75) is 12.3 Å². The van der Waals surface area contributed by atoms with Gasteiger partial charge in [-0.2, -0.15) is 0 Å². The van der Waals surface area contributed by atoms with Gasteiger partial charge < -0.3 is 30.6 Å². The van der Waals surface area contributed by atoms with Crippen molar-refractivity contribution in [1.82, 2.24) is 0 Å². The van der Waals surface area contributed by atoms with Crippen molar-refractivity contribution in [2.75, 3.05) is 0 Å². The van der Waals surface area contributed by atoms with Gasteiger partial charge in [0.25, 0.3) is 0 Å². The van der Waals surface area contributed by atoms with E-state index in [9.17, 15) is 30.6 Å². The number of hydrogen-bond donors (Lipinski definition) is 6. The Hall–Kier alpha value is -4.58. The van der Waals surface area contributed by atoms with Gasteiger partial charge in [-0.1, -0.05) is 24.3 Å². The molecule has 4 aromatic rings. The van der Waals surface area contributed by atoms with Gasteiger partial charge in [0.2, 0.25) is 0 Å². The van der Waals surface area contributed by atoms with Crippen LogP contribution < -0.4 is 0 Å². The Morgan fingerprint density at radius 1 is 0.559 bits per heavy atom. The van der Waals surface area contributed by atoms with Crippen molar-refractivity contribution < 1.29 is 30.6 Å². The van der Waals surface area contributed by atoms with E-state index in [2.05, 4.69) is 0 Å². The Bertz CT molecular complexity index is 1400. The molecule has 34 heavy (non-hydrogen) atoms. The highest BCUT2D eigenvalue weighted by Gasteiger charge is 2.36. The van der Waals surface area contributed by atoms with Crippen LogP contribution in [0.2, 0.25) is 0 Å². The monoisotopic (exact) mass is 454 g/mol. The summed E-state index contributed by atoms with van der Waals surface area (Å²) in [7, 11) is 0. The second kappa shape index (κ2) is 8.08. The van der Waals surface area contributed by atoms with Gasteiger partial charge in [0.05, 0.1) is 0 Å². The van der Waals surface area contributed by atoms with E-state index in [1.807, 2.05) is 0 Å². The quantitative estimate of drug-likeness (QED) is 0.251. The molecule has 0 aliphatic heterocycles. The van der Waals surface area contributed by atoms with Crippen molar-refractivity contribution in [3.63, 3.8) is 0 Å². The minimum Gasteiger partial charge on any atom is -0.508 e. The van der Waals surface area contributed by atoms with Gasteiger partial charge in [0.1, 0.15) is 34.5 Å². The van der Waals surface area contributed by atoms with Crippen molar-refractivity contribution in [1.29, 1.82) is 0 Å². The lowest BCUT2D eigenvalue weighted by molar-refractivity contribution is 0.443. The molecule has 6 heteroatoms. The Morgan fingerprint density at radius 2 is 1.12 bits per heavy atom. The van der Waals surface area contributed by atoms with Crippen molar-refractivity contribution in [3.8, 4) is 34.5 Å². The molecular weight excluding hydrogens is 432 g/mol. The lowest BCUT2D eigenvalue weighted by Gasteiger charge is -2.20. The zero-order valence-electron chi connectivity index (χ0n) is 18.0. The highest BCUT2D eigenvalue weighted by molar-refractivity contribution is 6.03. The largest absolute Gasteiger partial charge is 0.508 e. The first-order chi connectivity index (χ1) is 16.3. The molecule has 0 spiro atoms. The van der Waals surface area contributed by atoms with E-state index in [1.165, 1.54) is 24.3 Å². The van der Waals surface area contributed by atoms with Gasteiger partial charge >= 0.3 is 0 Å². The molecule has 170 valence electrons. The number of benzene rings is 4. The molecule has 0 fully saturated rings. The average Bonchev–Trinajstić information content (AvgIpc) is 3.09. The Kier molecular flexibility index (Phi) is 5.06. The molecule has 0 radical (unpaired) electrons. The molecule has 5 rings (SSSR count). The summed E-state index contributed by atoms with van der Waals surface area (Å²) < 4.78 is 0. The molecule has 0 aromatic heterocycles. The molecule has 6 N–H and O–H groups in total. The normalized spacial score (nSPS) is 14.9. The number of phenolic OH excluding ortho intramolecular Hbond substituents is 6. The maximum Gasteiger partial charge on any atom is 0.124 e. The van der Waals surface area contributed by atoms with E-state index < -0.39 is 5.92 Å². The topological polar surface area (TPSA) is 121 Å². The van der Waals surface area contributed by atoms with Crippen LogP contribution in [0.5, 0.6) is 34.5 Å². The predicted octanol–water partition coefficient (Wildman–Crippen LogP) is 5.22. The minimum absolute atomic E-state index is 0.0936. The van der Waals surface area contributed by atoms with E-state index in [0.29, 0.717) is 23.1 Å². The molecule has 0 saturated carbocycles. The molecule has 0 heterocycles. The average molecular weight is 454 g/mol. The minimum atomic E-state index is -0.565. The second-order valence-corrected chi connectivity index (χ2v) is 8.42. The lowest BCUT2D eigenvalue weighted by Crippen LogP contribution is -2.02.